The van der Waals surface area contributed by atoms with Gasteiger partial charge in [0.05, 0.1) is 0 Å². The number of aliphatic hydroxyl groups is 1. The summed E-state index contributed by atoms with van der Waals surface area (Å²) in [5.41, 5.74) is 0.244. The normalized spacial score (nSPS) is 42.2. The maximum absolute atomic E-state index is 9.55. The highest BCUT2D eigenvalue weighted by Crippen LogP contribution is 2.54. The van der Waals surface area contributed by atoms with E-state index >= 15 is 0 Å². The van der Waals surface area contributed by atoms with Gasteiger partial charge in [0.15, 0.2) is 0 Å². The lowest BCUT2D eigenvalue weighted by Gasteiger charge is -2.35. The molecule has 0 aromatic carbocycles. The van der Waals surface area contributed by atoms with Crippen LogP contribution in [0.3, 0.4) is 0 Å². The molecule has 0 spiro atoms. The summed E-state index contributed by atoms with van der Waals surface area (Å²) in [5, 5.41) is 9.55. The molecule has 0 radical (unpaired) electrons. The third-order valence-corrected chi connectivity index (χ3v) is 3.76. The van der Waals surface area contributed by atoms with Crippen LogP contribution >= 0.6 is 0 Å². The fraction of sp³-hybridized carbons (Fsp3) is 0.833. The number of aliphatic hydroxyl groups excluding tert-OH is 1. The zero-order valence-corrected chi connectivity index (χ0v) is 8.66. The van der Waals surface area contributed by atoms with Crippen LogP contribution < -0.4 is 0 Å². The standard InChI is InChI=1S/C12H20O/c1-9(2)6-12(8-13)7-10-3-4-11(12)5-10/h3-4,9-11,13H,5-8H2,1-2H3. The highest BCUT2D eigenvalue weighted by molar-refractivity contribution is 5.15. The SMILES string of the molecule is CC(C)CC1(CO)CC2C=CC1C2. The maximum Gasteiger partial charge on any atom is 0.0493 e. The van der Waals surface area contributed by atoms with Crippen LogP contribution in [0.1, 0.15) is 33.1 Å². The summed E-state index contributed by atoms with van der Waals surface area (Å²) >= 11 is 0. The fourth-order valence-electron chi connectivity index (χ4n) is 3.35. The summed E-state index contributed by atoms with van der Waals surface area (Å²) in [7, 11) is 0. The molecular weight excluding hydrogens is 160 g/mol. The minimum atomic E-state index is 0.244. The van der Waals surface area contributed by atoms with E-state index in [4.69, 9.17) is 0 Å². The first-order valence-electron chi connectivity index (χ1n) is 5.45. The molecule has 13 heavy (non-hydrogen) atoms. The van der Waals surface area contributed by atoms with E-state index in [2.05, 4.69) is 26.0 Å². The average Bonchev–Trinajstić information content (AvgIpc) is 2.62. The van der Waals surface area contributed by atoms with Crippen molar-refractivity contribution in [2.24, 2.45) is 23.2 Å². The molecular formula is C12H20O. The Hall–Kier alpha value is -0.300. The summed E-state index contributed by atoms with van der Waals surface area (Å²) in [6, 6.07) is 0. The van der Waals surface area contributed by atoms with Gasteiger partial charge in [-0.05, 0) is 37.0 Å². The lowest BCUT2D eigenvalue weighted by molar-refractivity contribution is 0.0747. The van der Waals surface area contributed by atoms with E-state index in [1.165, 1.54) is 19.3 Å². The molecule has 1 nitrogen and oxygen atoms in total. The minimum absolute atomic E-state index is 0.244. The predicted octanol–water partition coefficient (Wildman–Crippen LogP) is 2.61. The van der Waals surface area contributed by atoms with Gasteiger partial charge in [-0.3, -0.25) is 0 Å². The molecule has 2 aliphatic carbocycles. The second-order valence-electron chi connectivity index (χ2n) is 5.31. The van der Waals surface area contributed by atoms with Crippen LogP contribution in [0.15, 0.2) is 12.2 Å². The number of allylic oxidation sites excluding steroid dienone is 2. The van der Waals surface area contributed by atoms with E-state index < -0.39 is 0 Å². The summed E-state index contributed by atoms with van der Waals surface area (Å²) < 4.78 is 0. The molecule has 2 rings (SSSR count). The molecule has 2 bridgehead atoms. The topological polar surface area (TPSA) is 20.2 Å². The van der Waals surface area contributed by atoms with Crippen molar-refractivity contribution in [1.82, 2.24) is 0 Å². The Morgan fingerprint density at radius 1 is 1.46 bits per heavy atom. The van der Waals surface area contributed by atoms with Crippen LogP contribution in [-0.4, -0.2) is 11.7 Å². The Bertz CT molecular complexity index is 219. The van der Waals surface area contributed by atoms with Crippen LogP contribution in [0.4, 0.5) is 0 Å². The lowest BCUT2D eigenvalue weighted by Crippen LogP contribution is -2.31. The van der Waals surface area contributed by atoms with Crippen molar-refractivity contribution in [3.63, 3.8) is 0 Å². The summed E-state index contributed by atoms with van der Waals surface area (Å²) in [5.74, 6) is 2.15. The van der Waals surface area contributed by atoms with Crippen LogP contribution in [0.2, 0.25) is 0 Å². The zero-order valence-electron chi connectivity index (χ0n) is 8.66. The number of fused-ring (bicyclic) bond motifs is 2. The van der Waals surface area contributed by atoms with Gasteiger partial charge >= 0.3 is 0 Å². The highest BCUT2D eigenvalue weighted by Gasteiger charge is 2.47. The quantitative estimate of drug-likeness (QED) is 0.662. The Morgan fingerprint density at radius 3 is 2.62 bits per heavy atom. The lowest BCUT2D eigenvalue weighted by atomic mass is 9.71. The van der Waals surface area contributed by atoms with Gasteiger partial charge in [0.25, 0.3) is 0 Å². The first-order chi connectivity index (χ1) is 6.16. The Labute approximate surface area is 80.8 Å². The molecule has 2 aliphatic rings. The summed E-state index contributed by atoms with van der Waals surface area (Å²) in [6.07, 6.45) is 8.40. The second kappa shape index (κ2) is 3.13. The molecule has 3 atom stereocenters. The Balaban J connectivity index is 2.13. The van der Waals surface area contributed by atoms with E-state index in [1.807, 2.05) is 0 Å². The van der Waals surface area contributed by atoms with Gasteiger partial charge < -0.3 is 5.11 Å². The molecule has 0 heterocycles. The Kier molecular flexibility index (Phi) is 2.23. The van der Waals surface area contributed by atoms with E-state index in [0.717, 1.165) is 5.92 Å². The van der Waals surface area contributed by atoms with Crippen molar-refractivity contribution in [1.29, 1.82) is 0 Å². The highest BCUT2D eigenvalue weighted by atomic mass is 16.3. The third kappa shape index (κ3) is 1.43. The molecule has 1 fully saturated rings. The molecule has 0 saturated heterocycles. The monoisotopic (exact) mass is 180 g/mol. The summed E-state index contributed by atoms with van der Waals surface area (Å²) in [6.45, 7) is 4.90. The fourth-order valence-corrected chi connectivity index (χ4v) is 3.35. The van der Waals surface area contributed by atoms with Crippen LogP contribution in [0.25, 0.3) is 0 Å². The first-order valence-corrected chi connectivity index (χ1v) is 5.45. The van der Waals surface area contributed by atoms with Crippen molar-refractivity contribution in [3.05, 3.63) is 12.2 Å². The number of hydrogen-bond acceptors (Lipinski definition) is 1. The van der Waals surface area contributed by atoms with Gasteiger partial charge in [0.1, 0.15) is 0 Å². The second-order valence-corrected chi connectivity index (χ2v) is 5.31. The number of rotatable bonds is 3. The van der Waals surface area contributed by atoms with Gasteiger partial charge in [-0.2, -0.15) is 0 Å². The van der Waals surface area contributed by atoms with Crippen LogP contribution in [-0.2, 0) is 0 Å². The van der Waals surface area contributed by atoms with Gasteiger partial charge in [-0.15, -0.1) is 0 Å². The molecule has 1 saturated carbocycles. The predicted molar refractivity (Wildman–Crippen MR) is 54.3 cm³/mol. The molecule has 1 heteroatoms. The third-order valence-electron chi connectivity index (χ3n) is 3.76. The van der Waals surface area contributed by atoms with E-state index in [9.17, 15) is 5.11 Å². The van der Waals surface area contributed by atoms with Crippen LogP contribution in [0.5, 0.6) is 0 Å². The van der Waals surface area contributed by atoms with E-state index in [0.29, 0.717) is 18.4 Å². The molecule has 0 aromatic heterocycles. The molecule has 74 valence electrons. The van der Waals surface area contributed by atoms with Gasteiger partial charge in [0.2, 0.25) is 0 Å². The van der Waals surface area contributed by atoms with Crippen molar-refractivity contribution >= 4 is 0 Å². The van der Waals surface area contributed by atoms with Gasteiger partial charge in [-0.25, -0.2) is 0 Å². The summed E-state index contributed by atoms with van der Waals surface area (Å²) in [4.78, 5) is 0. The number of hydrogen-bond donors (Lipinski definition) is 1. The van der Waals surface area contributed by atoms with Crippen LogP contribution in [0, 0.1) is 23.2 Å². The van der Waals surface area contributed by atoms with Crippen molar-refractivity contribution in [3.8, 4) is 0 Å². The van der Waals surface area contributed by atoms with Crippen molar-refractivity contribution in [2.45, 2.75) is 33.1 Å². The molecule has 0 aromatic rings. The minimum Gasteiger partial charge on any atom is -0.396 e. The smallest absolute Gasteiger partial charge is 0.0493 e. The zero-order chi connectivity index (χ0) is 9.47. The van der Waals surface area contributed by atoms with E-state index in [-0.39, 0.29) is 5.41 Å². The molecule has 1 N–H and O–H groups in total. The first kappa shape index (κ1) is 9.26. The Morgan fingerprint density at radius 2 is 2.23 bits per heavy atom. The van der Waals surface area contributed by atoms with E-state index in [1.54, 1.807) is 0 Å². The molecule has 3 unspecified atom stereocenters. The van der Waals surface area contributed by atoms with Gasteiger partial charge in [-0.1, -0.05) is 26.0 Å². The van der Waals surface area contributed by atoms with Gasteiger partial charge in [0, 0.05) is 12.0 Å². The largest absolute Gasteiger partial charge is 0.396 e. The maximum atomic E-state index is 9.55. The van der Waals surface area contributed by atoms with Crippen molar-refractivity contribution < 1.29 is 5.11 Å². The molecule has 0 aliphatic heterocycles. The molecule has 0 amide bonds. The average molecular weight is 180 g/mol. The van der Waals surface area contributed by atoms with Crippen molar-refractivity contribution in [2.75, 3.05) is 6.61 Å².